The van der Waals surface area contributed by atoms with E-state index in [1.165, 1.54) is 36.4 Å². The van der Waals surface area contributed by atoms with Gasteiger partial charge in [0.2, 0.25) is 10.0 Å². The van der Waals surface area contributed by atoms with Crippen molar-refractivity contribution in [2.24, 2.45) is 0 Å². The van der Waals surface area contributed by atoms with Crippen LogP contribution in [0.15, 0.2) is 58.3 Å². The first kappa shape index (κ1) is 20.5. The molecular weight excluding hydrogens is 402 g/mol. The highest BCUT2D eigenvalue weighted by Crippen LogP contribution is 2.48. The van der Waals surface area contributed by atoms with E-state index in [1.54, 1.807) is 19.1 Å². The molecule has 0 aromatic heterocycles. The molecule has 1 aliphatic heterocycles. The summed E-state index contributed by atoms with van der Waals surface area (Å²) < 4.78 is 55.5. The van der Waals surface area contributed by atoms with Crippen molar-refractivity contribution in [3.8, 4) is 0 Å². The average Bonchev–Trinajstić information content (AvgIpc) is 3.38. The monoisotopic (exact) mass is 423 g/mol. The molecule has 2 aromatic rings. The second kappa shape index (κ2) is 7.31. The molecule has 7 nitrogen and oxygen atoms in total. The normalized spacial score (nSPS) is 21.9. The number of rotatable bonds is 6. The molecule has 150 valence electrons. The predicted octanol–water partition coefficient (Wildman–Crippen LogP) is 2.08. The quantitative estimate of drug-likeness (QED) is 0.521. The third-order valence-corrected chi connectivity index (χ3v) is 7.54. The van der Waals surface area contributed by atoms with Gasteiger partial charge in [0.05, 0.1) is 22.4 Å². The molecule has 1 fully saturated rings. The minimum Gasteiger partial charge on any atom is -0.465 e. The van der Waals surface area contributed by atoms with Crippen molar-refractivity contribution in [3.05, 3.63) is 59.7 Å². The van der Waals surface area contributed by atoms with Gasteiger partial charge in [-0.25, -0.2) is 16.8 Å². The van der Waals surface area contributed by atoms with Crippen molar-refractivity contribution in [1.82, 2.24) is 4.31 Å². The fourth-order valence-electron chi connectivity index (χ4n) is 3.04. The lowest BCUT2D eigenvalue weighted by atomic mass is 10.1. The van der Waals surface area contributed by atoms with E-state index in [0.29, 0.717) is 5.56 Å². The molecule has 28 heavy (non-hydrogen) atoms. The van der Waals surface area contributed by atoms with Crippen LogP contribution in [0.5, 0.6) is 0 Å². The van der Waals surface area contributed by atoms with Crippen molar-refractivity contribution in [3.63, 3.8) is 0 Å². The molecule has 3 atom stereocenters. The highest BCUT2D eigenvalue weighted by atomic mass is 32.2. The summed E-state index contributed by atoms with van der Waals surface area (Å²) in [7, 11) is -7.29. The first-order valence-electron chi connectivity index (χ1n) is 8.64. The van der Waals surface area contributed by atoms with Gasteiger partial charge in [-0.15, -0.1) is 0 Å². The number of hydrogen-bond acceptors (Lipinski definition) is 6. The fourth-order valence-corrected chi connectivity index (χ4v) is 5.38. The minimum atomic E-state index is -3.92. The Bertz CT molecular complexity index is 1090. The Morgan fingerprint density at radius 3 is 2.00 bits per heavy atom. The molecular formula is C19H21NO6S2. The van der Waals surface area contributed by atoms with E-state index >= 15 is 0 Å². The Kier molecular flexibility index (Phi) is 5.35. The van der Waals surface area contributed by atoms with Crippen molar-refractivity contribution >= 4 is 25.8 Å². The number of hydrogen-bond donors (Lipinski definition) is 0. The Hall–Kier alpha value is -2.23. The van der Waals surface area contributed by atoms with Crippen LogP contribution in [-0.4, -0.2) is 46.0 Å². The second-order valence-corrected chi connectivity index (χ2v) is 10.5. The number of carbonyl (C=O) groups is 1. The third-order valence-electron chi connectivity index (χ3n) is 4.53. The van der Waals surface area contributed by atoms with Crippen LogP contribution < -0.4 is 0 Å². The molecule has 9 heteroatoms. The zero-order valence-electron chi connectivity index (χ0n) is 15.7. The highest BCUT2D eigenvalue weighted by Gasteiger charge is 2.61. The largest absolute Gasteiger partial charge is 0.465 e. The number of benzene rings is 2. The van der Waals surface area contributed by atoms with Gasteiger partial charge in [0.15, 0.2) is 9.84 Å². The Morgan fingerprint density at radius 1 is 0.964 bits per heavy atom. The summed E-state index contributed by atoms with van der Waals surface area (Å²) in [6.07, 6.45) is 1.09. The highest BCUT2D eigenvalue weighted by molar-refractivity contribution is 7.90. The summed E-state index contributed by atoms with van der Waals surface area (Å²) >= 11 is 0. The van der Waals surface area contributed by atoms with Crippen LogP contribution >= 0.6 is 0 Å². The van der Waals surface area contributed by atoms with Gasteiger partial charge in [0, 0.05) is 6.26 Å². The molecule has 2 aromatic carbocycles. The van der Waals surface area contributed by atoms with Crippen molar-refractivity contribution in [1.29, 1.82) is 0 Å². The number of sulfone groups is 1. The molecule has 1 saturated heterocycles. The molecule has 0 radical (unpaired) electrons. The SMILES string of the molecule is CCOC(=O)[C@@H]1[C@H](c2ccc(S(C)(=O)=O)cc2)N1S(=O)(=O)c1ccc(C)cc1. The van der Waals surface area contributed by atoms with E-state index in [-0.39, 0.29) is 16.4 Å². The molecule has 0 amide bonds. The van der Waals surface area contributed by atoms with Gasteiger partial charge in [-0.05, 0) is 43.7 Å². The van der Waals surface area contributed by atoms with E-state index in [9.17, 15) is 21.6 Å². The first-order chi connectivity index (χ1) is 13.1. The fraction of sp³-hybridized carbons (Fsp3) is 0.316. The molecule has 0 saturated carbocycles. The van der Waals surface area contributed by atoms with E-state index in [0.717, 1.165) is 16.1 Å². The van der Waals surface area contributed by atoms with Gasteiger partial charge >= 0.3 is 5.97 Å². The number of nitrogens with zero attached hydrogens (tertiary/aromatic N) is 1. The maximum Gasteiger partial charge on any atom is 0.326 e. The molecule has 1 heterocycles. The summed E-state index contributed by atoms with van der Waals surface area (Å²) in [5, 5.41) is 0. The first-order valence-corrected chi connectivity index (χ1v) is 12.0. The maximum absolute atomic E-state index is 13.1. The Balaban J connectivity index is 1.98. The zero-order valence-corrected chi connectivity index (χ0v) is 17.3. The smallest absolute Gasteiger partial charge is 0.326 e. The average molecular weight is 424 g/mol. The van der Waals surface area contributed by atoms with Crippen LogP contribution in [-0.2, 0) is 29.4 Å². The van der Waals surface area contributed by atoms with Gasteiger partial charge < -0.3 is 4.74 Å². The van der Waals surface area contributed by atoms with Crippen molar-refractivity contribution < 1.29 is 26.4 Å². The number of ether oxygens (including phenoxy) is 1. The standard InChI is InChI=1S/C19H21NO6S2/c1-4-26-19(21)18-17(14-7-11-15(12-8-14)27(3,22)23)20(18)28(24,25)16-9-5-13(2)6-10-16/h5-12,17-18H,4H2,1-3H3/t17-,18-,20?/m0/s1. The third kappa shape index (κ3) is 3.82. The van der Waals surface area contributed by atoms with Crippen LogP contribution in [0, 0.1) is 6.92 Å². The predicted molar refractivity (Wildman–Crippen MR) is 103 cm³/mol. The number of aryl methyl sites for hydroxylation is 1. The molecule has 0 N–H and O–H groups in total. The lowest BCUT2D eigenvalue weighted by Crippen LogP contribution is -2.21. The Morgan fingerprint density at radius 2 is 1.50 bits per heavy atom. The number of esters is 1. The molecule has 1 aliphatic rings. The summed E-state index contributed by atoms with van der Waals surface area (Å²) in [5.74, 6) is -0.629. The summed E-state index contributed by atoms with van der Waals surface area (Å²) in [4.78, 5) is 12.5. The van der Waals surface area contributed by atoms with Crippen LogP contribution in [0.2, 0.25) is 0 Å². The Labute approximate surface area is 164 Å². The number of carbonyl (C=O) groups excluding carboxylic acids is 1. The summed E-state index contributed by atoms with van der Waals surface area (Å²) in [6.45, 7) is 3.63. The zero-order chi connectivity index (χ0) is 20.7. The van der Waals surface area contributed by atoms with Crippen molar-refractivity contribution in [2.75, 3.05) is 12.9 Å². The van der Waals surface area contributed by atoms with E-state index in [1.807, 2.05) is 6.92 Å². The molecule has 3 rings (SSSR count). The molecule has 1 unspecified atom stereocenters. The van der Waals surface area contributed by atoms with E-state index in [4.69, 9.17) is 4.74 Å². The van der Waals surface area contributed by atoms with Crippen LogP contribution in [0.3, 0.4) is 0 Å². The van der Waals surface area contributed by atoms with Gasteiger partial charge in [0.1, 0.15) is 6.04 Å². The van der Waals surface area contributed by atoms with Gasteiger partial charge in [-0.2, -0.15) is 4.31 Å². The van der Waals surface area contributed by atoms with Crippen LogP contribution in [0.25, 0.3) is 0 Å². The molecule has 0 aliphatic carbocycles. The van der Waals surface area contributed by atoms with Gasteiger partial charge in [-0.3, -0.25) is 4.79 Å². The molecule has 0 spiro atoms. The summed E-state index contributed by atoms with van der Waals surface area (Å²) in [5.41, 5.74) is 1.45. The van der Waals surface area contributed by atoms with E-state index in [2.05, 4.69) is 0 Å². The summed E-state index contributed by atoms with van der Waals surface area (Å²) in [6, 6.07) is 10.5. The topological polar surface area (TPSA) is 97.6 Å². The second-order valence-electron chi connectivity index (χ2n) is 6.63. The molecule has 0 bridgehead atoms. The minimum absolute atomic E-state index is 0.0858. The van der Waals surface area contributed by atoms with E-state index < -0.39 is 37.9 Å². The number of sulfonamides is 1. The van der Waals surface area contributed by atoms with Gasteiger partial charge in [0.25, 0.3) is 0 Å². The lowest BCUT2D eigenvalue weighted by Gasteiger charge is -2.07. The maximum atomic E-state index is 13.1. The van der Waals surface area contributed by atoms with Crippen LogP contribution in [0.4, 0.5) is 0 Å². The van der Waals surface area contributed by atoms with Crippen LogP contribution in [0.1, 0.15) is 24.1 Å². The van der Waals surface area contributed by atoms with Gasteiger partial charge in [-0.1, -0.05) is 29.8 Å². The lowest BCUT2D eigenvalue weighted by molar-refractivity contribution is -0.143. The van der Waals surface area contributed by atoms with Crippen molar-refractivity contribution in [2.45, 2.75) is 35.7 Å².